The number of hydrogen-bond donors (Lipinski definition) is 1. The number of amides is 1. The molecule has 0 aromatic rings. The highest BCUT2D eigenvalue weighted by molar-refractivity contribution is 5.72. The molecule has 3 nitrogen and oxygen atoms in total. The summed E-state index contributed by atoms with van der Waals surface area (Å²) in [6.45, 7) is 5.30. The molecule has 2 unspecified atom stereocenters. The Morgan fingerprint density at radius 1 is 1.67 bits per heavy atom. The van der Waals surface area contributed by atoms with Crippen molar-refractivity contribution in [2.24, 2.45) is 5.92 Å². The molecule has 1 heterocycles. The van der Waals surface area contributed by atoms with Gasteiger partial charge >= 0.3 is 0 Å². The van der Waals surface area contributed by atoms with Crippen molar-refractivity contribution in [2.75, 3.05) is 13.2 Å². The van der Waals surface area contributed by atoms with E-state index < -0.39 is 0 Å². The molecule has 12 heavy (non-hydrogen) atoms. The summed E-state index contributed by atoms with van der Waals surface area (Å²) in [5.41, 5.74) is 0. The van der Waals surface area contributed by atoms with Gasteiger partial charge in [0.2, 0.25) is 5.91 Å². The van der Waals surface area contributed by atoms with Crippen molar-refractivity contribution < 1.29 is 9.53 Å². The number of carbonyl (C=O) groups is 1. The molecule has 70 valence electrons. The van der Waals surface area contributed by atoms with Crippen LogP contribution in [0, 0.1) is 5.92 Å². The van der Waals surface area contributed by atoms with E-state index in [1.807, 2.05) is 0 Å². The number of nitrogens with one attached hydrogen (secondary N) is 1. The molecule has 0 bridgehead atoms. The smallest absolute Gasteiger partial charge is 0.216 e. The zero-order valence-corrected chi connectivity index (χ0v) is 7.80. The van der Waals surface area contributed by atoms with Crippen LogP contribution in [0.3, 0.4) is 0 Å². The predicted molar refractivity (Wildman–Crippen MR) is 46.8 cm³/mol. The first-order chi connectivity index (χ1) is 5.74. The lowest BCUT2D eigenvalue weighted by atomic mass is 10.00. The van der Waals surface area contributed by atoms with E-state index in [-0.39, 0.29) is 5.91 Å². The molecule has 1 amide bonds. The number of carbonyl (C=O) groups excluding carboxylic acids is 1. The van der Waals surface area contributed by atoms with Gasteiger partial charge in [0.05, 0.1) is 6.10 Å². The van der Waals surface area contributed by atoms with E-state index in [2.05, 4.69) is 12.2 Å². The lowest BCUT2D eigenvalue weighted by molar-refractivity contribution is -0.119. The van der Waals surface area contributed by atoms with Crippen molar-refractivity contribution in [1.82, 2.24) is 5.32 Å². The summed E-state index contributed by atoms with van der Waals surface area (Å²) < 4.78 is 5.50. The topological polar surface area (TPSA) is 38.3 Å². The zero-order chi connectivity index (χ0) is 8.97. The number of hydrogen-bond acceptors (Lipinski definition) is 2. The summed E-state index contributed by atoms with van der Waals surface area (Å²) in [6, 6.07) is 0. The number of ether oxygens (including phenoxy) is 1. The second-order valence-electron chi connectivity index (χ2n) is 3.30. The standard InChI is InChI=1S/C9H17NO2/c1-3-9-8(4-5-12-9)6-10-7(2)11/h8-9H,3-6H2,1-2H3,(H,10,11). The van der Waals surface area contributed by atoms with E-state index in [4.69, 9.17) is 4.74 Å². The summed E-state index contributed by atoms with van der Waals surface area (Å²) in [7, 11) is 0. The molecule has 0 radical (unpaired) electrons. The third kappa shape index (κ3) is 2.48. The van der Waals surface area contributed by atoms with Crippen molar-refractivity contribution in [3.63, 3.8) is 0 Å². The zero-order valence-electron chi connectivity index (χ0n) is 7.80. The van der Waals surface area contributed by atoms with Crippen molar-refractivity contribution in [3.05, 3.63) is 0 Å². The molecule has 0 aromatic carbocycles. The largest absolute Gasteiger partial charge is 0.378 e. The highest BCUT2D eigenvalue weighted by Gasteiger charge is 2.26. The lowest BCUT2D eigenvalue weighted by Crippen LogP contribution is -2.31. The molecule has 0 spiro atoms. The van der Waals surface area contributed by atoms with Crippen LogP contribution < -0.4 is 5.32 Å². The summed E-state index contributed by atoms with van der Waals surface area (Å²) in [4.78, 5) is 10.6. The first kappa shape index (κ1) is 9.52. The van der Waals surface area contributed by atoms with Gasteiger partial charge in [-0.25, -0.2) is 0 Å². The van der Waals surface area contributed by atoms with Crippen LogP contribution in [0.15, 0.2) is 0 Å². The molecule has 3 heteroatoms. The lowest BCUT2D eigenvalue weighted by Gasteiger charge is -2.16. The van der Waals surface area contributed by atoms with Gasteiger partial charge in [0.25, 0.3) is 0 Å². The van der Waals surface area contributed by atoms with Crippen LogP contribution in [0.5, 0.6) is 0 Å². The third-order valence-corrected chi connectivity index (χ3v) is 2.36. The maximum Gasteiger partial charge on any atom is 0.216 e. The van der Waals surface area contributed by atoms with Crippen molar-refractivity contribution in [2.45, 2.75) is 32.8 Å². The Morgan fingerprint density at radius 2 is 2.42 bits per heavy atom. The quantitative estimate of drug-likeness (QED) is 0.686. The van der Waals surface area contributed by atoms with Crippen LogP contribution in [-0.2, 0) is 9.53 Å². The Balaban J connectivity index is 2.26. The molecule has 1 rings (SSSR count). The maximum absolute atomic E-state index is 10.6. The highest BCUT2D eigenvalue weighted by Crippen LogP contribution is 2.22. The molecule has 0 saturated carbocycles. The summed E-state index contributed by atoms with van der Waals surface area (Å²) in [5, 5.41) is 2.83. The van der Waals surface area contributed by atoms with E-state index in [1.54, 1.807) is 6.92 Å². The van der Waals surface area contributed by atoms with Gasteiger partial charge in [0, 0.05) is 26.0 Å². The van der Waals surface area contributed by atoms with Gasteiger partial charge in [-0.3, -0.25) is 4.79 Å². The summed E-state index contributed by atoms with van der Waals surface area (Å²) >= 11 is 0. The Labute approximate surface area is 73.5 Å². The average Bonchev–Trinajstić information content (AvgIpc) is 2.47. The molecule has 0 aromatic heterocycles. The van der Waals surface area contributed by atoms with E-state index in [0.29, 0.717) is 12.0 Å². The van der Waals surface area contributed by atoms with Gasteiger partial charge in [-0.05, 0) is 12.8 Å². The Hall–Kier alpha value is -0.570. The second kappa shape index (κ2) is 4.45. The van der Waals surface area contributed by atoms with E-state index in [1.165, 1.54) is 0 Å². The minimum atomic E-state index is 0.0525. The molecule has 2 atom stereocenters. The van der Waals surface area contributed by atoms with Gasteiger partial charge in [0.1, 0.15) is 0 Å². The van der Waals surface area contributed by atoms with Crippen LogP contribution in [-0.4, -0.2) is 25.2 Å². The third-order valence-electron chi connectivity index (χ3n) is 2.36. The minimum Gasteiger partial charge on any atom is -0.378 e. The molecule has 0 aliphatic carbocycles. The molecule has 1 fully saturated rings. The van der Waals surface area contributed by atoms with Crippen LogP contribution >= 0.6 is 0 Å². The first-order valence-corrected chi connectivity index (χ1v) is 4.60. The SMILES string of the molecule is CCC1OCCC1CNC(C)=O. The van der Waals surface area contributed by atoms with Crippen molar-refractivity contribution in [3.8, 4) is 0 Å². The van der Waals surface area contributed by atoms with Gasteiger partial charge in [0.15, 0.2) is 0 Å². The van der Waals surface area contributed by atoms with E-state index in [9.17, 15) is 4.79 Å². The Kier molecular flexibility index (Phi) is 3.53. The predicted octanol–water partition coefficient (Wildman–Crippen LogP) is 0.938. The minimum absolute atomic E-state index is 0.0525. The van der Waals surface area contributed by atoms with Crippen molar-refractivity contribution in [1.29, 1.82) is 0 Å². The van der Waals surface area contributed by atoms with Crippen LogP contribution in [0.25, 0.3) is 0 Å². The molecule has 1 N–H and O–H groups in total. The number of rotatable bonds is 3. The monoisotopic (exact) mass is 171 g/mol. The van der Waals surface area contributed by atoms with Gasteiger partial charge in [-0.2, -0.15) is 0 Å². The molecular formula is C9H17NO2. The van der Waals surface area contributed by atoms with Crippen LogP contribution in [0.1, 0.15) is 26.7 Å². The average molecular weight is 171 g/mol. The Bertz CT molecular complexity index is 159. The summed E-state index contributed by atoms with van der Waals surface area (Å²) in [5.74, 6) is 0.579. The van der Waals surface area contributed by atoms with Gasteiger partial charge < -0.3 is 10.1 Å². The van der Waals surface area contributed by atoms with Crippen molar-refractivity contribution >= 4 is 5.91 Å². The fraction of sp³-hybridized carbons (Fsp3) is 0.889. The molecule has 1 aliphatic rings. The maximum atomic E-state index is 10.6. The van der Waals surface area contributed by atoms with Gasteiger partial charge in [-0.15, -0.1) is 0 Å². The van der Waals surface area contributed by atoms with Crippen LogP contribution in [0.4, 0.5) is 0 Å². The van der Waals surface area contributed by atoms with Crippen LogP contribution in [0.2, 0.25) is 0 Å². The van der Waals surface area contributed by atoms with Gasteiger partial charge in [-0.1, -0.05) is 6.92 Å². The van der Waals surface area contributed by atoms with E-state index >= 15 is 0 Å². The van der Waals surface area contributed by atoms with E-state index in [0.717, 1.165) is 26.0 Å². The fourth-order valence-electron chi connectivity index (χ4n) is 1.65. The molecule has 1 aliphatic heterocycles. The summed E-state index contributed by atoms with van der Waals surface area (Å²) in [6.07, 6.45) is 2.49. The first-order valence-electron chi connectivity index (χ1n) is 4.60. The fourth-order valence-corrected chi connectivity index (χ4v) is 1.65. The second-order valence-corrected chi connectivity index (χ2v) is 3.30. The molecule has 1 saturated heterocycles. The Morgan fingerprint density at radius 3 is 3.00 bits per heavy atom. The molecular weight excluding hydrogens is 154 g/mol. The normalized spacial score (nSPS) is 28.8. The highest BCUT2D eigenvalue weighted by atomic mass is 16.5.